The van der Waals surface area contributed by atoms with Crippen molar-refractivity contribution in [3.63, 3.8) is 0 Å². The Morgan fingerprint density at radius 2 is 2.12 bits per heavy atom. The largest absolute Gasteiger partial charge is 0.459 e. The molecule has 132 valence electrons. The maximum atomic E-state index is 11.9. The normalized spacial score (nSPS) is 11.2. The molecule has 0 saturated heterocycles. The first kappa shape index (κ1) is 16.9. The van der Waals surface area contributed by atoms with Crippen LogP contribution in [0.4, 0.5) is 0 Å². The number of hydrogen-bond acceptors (Lipinski definition) is 7. The molecule has 26 heavy (non-hydrogen) atoms. The van der Waals surface area contributed by atoms with Crippen molar-refractivity contribution >= 4 is 43.8 Å². The second-order valence-electron chi connectivity index (χ2n) is 5.73. The van der Waals surface area contributed by atoms with E-state index in [1.807, 2.05) is 24.3 Å². The molecular weight excluding hydrogens is 370 g/mol. The lowest BCUT2D eigenvalue weighted by Crippen LogP contribution is -2.14. The first-order valence-electron chi connectivity index (χ1n) is 8.15. The number of benzene rings is 1. The number of aromatic nitrogens is 3. The maximum Gasteiger partial charge on any atom is 0.306 e. The lowest BCUT2D eigenvalue weighted by Gasteiger charge is -2.04. The Labute approximate surface area is 156 Å². The van der Waals surface area contributed by atoms with Crippen LogP contribution in [0.25, 0.3) is 15.2 Å². The Morgan fingerprint density at radius 3 is 3.00 bits per heavy atom. The van der Waals surface area contributed by atoms with Gasteiger partial charge in [0.25, 0.3) is 5.56 Å². The predicted octanol–water partition coefficient (Wildman–Crippen LogP) is 3.43. The number of esters is 1. The number of carbonyl (C=O) groups is 1. The van der Waals surface area contributed by atoms with Crippen molar-refractivity contribution in [3.05, 3.63) is 63.0 Å². The number of thiazole rings is 2. The number of nitrogens with zero attached hydrogens (tertiary/aromatic N) is 3. The Kier molecular flexibility index (Phi) is 4.77. The van der Waals surface area contributed by atoms with E-state index >= 15 is 0 Å². The van der Waals surface area contributed by atoms with E-state index in [9.17, 15) is 9.59 Å². The molecule has 1 aromatic carbocycles. The van der Waals surface area contributed by atoms with Gasteiger partial charge in [-0.15, -0.1) is 22.7 Å². The Balaban J connectivity index is 1.29. The van der Waals surface area contributed by atoms with Gasteiger partial charge in [0.15, 0.2) is 4.96 Å². The summed E-state index contributed by atoms with van der Waals surface area (Å²) in [5, 5.41) is 2.82. The molecular formula is C18H15N3O3S2. The molecule has 8 heteroatoms. The molecule has 6 nitrogen and oxygen atoms in total. The highest BCUT2D eigenvalue weighted by atomic mass is 32.1. The van der Waals surface area contributed by atoms with Gasteiger partial charge in [0.1, 0.15) is 6.61 Å². The minimum Gasteiger partial charge on any atom is -0.459 e. The van der Waals surface area contributed by atoms with Crippen LogP contribution < -0.4 is 5.56 Å². The van der Waals surface area contributed by atoms with Gasteiger partial charge >= 0.3 is 5.97 Å². The van der Waals surface area contributed by atoms with Gasteiger partial charge in [0.05, 0.1) is 20.9 Å². The van der Waals surface area contributed by atoms with Crippen molar-refractivity contribution in [2.45, 2.75) is 25.9 Å². The van der Waals surface area contributed by atoms with Gasteiger partial charge in [0.2, 0.25) is 0 Å². The van der Waals surface area contributed by atoms with Crippen molar-refractivity contribution in [2.24, 2.45) is 0 Å². The third-order valence-corrected chi connectivity index (χ3v) is 5.70. The molecule has 0 aliphatic rings. The fourth-order valence-corrected chi connectivity index (χ4v) is 4.35. The number of aryl methyl sites for hydroxylation is 1. The molecule has 0 aliphatic carbocycles. The van der Waals surface area contributed by atoms with Crippen LogP contribution >= 0.6 is 22.7 Å². The maximum absolute atomic E-state index is 11.9. The summed E-state index contributed by atoms with van der Waals surface area (Å²) in [4.78, 5) is 33.3. The monoisotopic (exact) mass is 385 g/mol. The molecule has 3 aromatic heterocycles. The molecule has 4 rings (SSSR count). The number of para-hydroxylation sites is 1. The Bertz CT molecular complexity index is 1100. The van der Waals surface area contributed by atoms with Gasteiger partial charge in [0, 0.05) is 24.1 Å². The molecule has 3 heterocycles. The lowest BCUT2D eigenvalue weighted by atomic mass is 10.2. The highest BCUT2D eigenvalue weighted by Gasteiger charge is 2.09. The summed E-state index contributed by atoms with van der Waals surface area (Å²) in [5.74, 6) is -0.292. The average molecular weight is 385 g/mol. The number of carbonyl (C=O) groups excluding carboxylic acids is 1. The third-order valence-electron chi connectivity index (χ3n) is 3.85. The molecule has 0 spiro atoms. The van der Waals surface area contributed by atoms with E-state index in [2.05, 4.69) is 9.97 Å². The van der Waals surface area contributed by atoms with Gasteiger partial charge in [-0.1, -0.05) is 12.1 Å². The standard InChI is InChI=1S/C18H15N3O3S2/c22-16-10-12(19-18-21(16)8-9-25-18)11-24-17(23)7-3-6-15-20-13-4-1-2-5-14(13)26-15/h1-2,4-5,8-10H,3,6-7,11H2. The summed E-state index contributed by atoms with van der Waals surface area (Å²) < 4.78 is 7.87. The molecule has 0 N–H and O–H groups in total. The molecule has 0 bridgehead atoms. The second kappa shape index (κ2) is 7.35. The first-order chi connectivity index (χ1) is 12.7. The molecule has 0 aliphatic heterocycles. The smallest absolute Gasteiger partial charge is 0.306 e. The fraction of sp³-hybridized carbons (Fsp3) is 0.222. The summed E-state index contributed by atoms with van der Waals surface area (Å²) in [6, 6.07) is 9.40. The van der Waals surface area contributed by atoms with Crippen LogP contribution in [0.5, 0.6) is 0 Å². The predicted molar refractivity (Wildman–Crippen MR) is 102 cm³/mol. The molecule has 0 radical (unpaired) electrons. The van der Waals surface area contributed by atoms with Crippen LogP contribution in [0.3, 0.4) is 0 Å². The highest BCUT2D eigenvalue weighted by Crippen LogP contribution is 2.22. The average Bonchev–Trinajstić information content (AvgIpc) is 3.26. The number of ether oxygens (including phenoxy) is 1. The molecule has 0 atom stereocenters. The van der Waals surface area contributed by atoms with Gasteiger partial charge < -0.3 is 4.74 Å². The van der Waals surface area contributed by atoms with Crippen molar-refractivity contribution in [1.82, 2.24) is 14.4 Å². The zero-order valence-corrected chi connectivity index (χ0v) is 15.4. The minimum atomic E-state index is -0.292. The van der Waals surface area contributed by atoms with E-state index in [0.717, 1.165) is 21.6 Å². The summed E-state index contributed by atoms with van der Waals surface area (Å²) in [6.45, 7) is 0.0175. The molecule has 0 fully saturated rings. The van der Waals surface area contributed by atoms with E-state index < -0.39 is 0 Å². The van der Waals surface area contributed by atoms with Crippen LogP contribution in [0, 0.1) is 0 Å². The van der Waals surface area contributed by atoms with Crippen LogP contribution in [-0.4, -0.2) is 20.3 Å². The van der Waals surface area contributed by atoms with Crippen LogP contribution in [0.1, 0.15) is 23.5 Å². The lowest BCUT2D eigenvalue weighted by molar-refractivity contribution is -0.145. The van der Waals surface area contributed by atoms with Crippen LogP contribution in [0.2, 0.25) is 0 Å². The van der Waals surface area contributed by atoms with Gasteiger partial charge in [-0.2, -0.15) is 0 Å². The van der Waals surface area contributed by atoms with E-state index in [1.165, 1.54) is 21.8 Å². The van der Waals surface area contributed by atoms with E-state index in [0.29, 0.717) is 23.5 Å². The van der Waals surface area contributed by atoms with Crippen molar-refractivity contribution in [2.75, 3.05) is 0 Å². The number of rotatable bonds is 6. The van der Waals surface area contributed by atoms with Crippen LogP contribution in [-0.2, 0) is 22.6 Å². The summed E-state index contributed by atoms with van der Waals surface area (Å²) in [7, 11) is 0. The van der Waals surface area contributed by atoms with Gasteiger partial charge in [-0.3, -0.25) is 14.0 Å². The van der Waals surface area contributed by atoms with Gasteiger partial charge in [-0.25, -0.2) is 9.97 Å². The fourth-order valence-electron chi connectivity index (χ4n) is 2.60. The summed E-state index contributed by atoms with van der Waals surface area (Å²) in [5.41, 5.74) is 1.30. The molecule has 4 aromatic rings. The zero-order chi connectivity index (χ0) is 17.9. The van der Waals surface area contributed by atoms with E-state index in [1.54, 1.807) is 22.9 Å². The molecule has 0 saturated carbocycles. The van der Waals surface area contributed by atoms with Crippen LogP contribution in [0.15, 0.2) is 46.7 Å². The van der Waals surface area contributed by atoms with E-state index in [-0.39, 0.29) is 18.1 Å². The zero-order valence-electron chi connectivity index (χ0n) is 13.8. The number of hydrogen-bond donors (Lipinski definition) is 0. The SMILES string of the molecule is O=C(CCCc1nc2ccccc2s1)OCc1cc(=O)n2ccsc2n1. The molecule has 0 unspecified atom stereocenters. The quantitative estimate of drug-likeness (QED) is 0.476. The van der Waals surface area contributed by atoms with Crippen molar-refractivity contribution < 1.29 is 9.53 Å². The Morgan fingerprint density at radius 1 is 1.23 bits per heavy atom. The summed E-state index contributed by atoms with van der Waals surface area (Å²) >= 11 is 3.02. The first-order valence-corrected chi connectivity index (χ1v) is 9.84. The second-order valence-corrected chi connectivity index (χ2v) is 7.72. The Hall–Kier alpha value is -2.58. The number of fused-ring (bicyclic) bond motifs is 2. The third kappa shape index (κ3) is 3.66. The topological polar surface area (TPSA) is 73.6 Å². The van der Waals surface area contributed by atoms with Crippen molar-refractivity contribution in [3.8, 4) is 0 Å². The minimum absolute atomic E-state index is 0.0175. The highest BCUT2D eigenvalue weighted by molar-refractivity contribution is 7.18. The van der Waals surface area contributed by atoms with Gasteiger partial charge in [-0.05, 0) is 25.0 Å². The molecule has 0 amide bonds. The van der Waals surface area contributed by atoms with E-state index in [4.69, 9.17) is 4.74 Å². The van der Waals surface area contributed by atoms with Crippen molar-refractivity contribution in [1.29, 1.82) is 0 Å². The summed E-state index contributed by atoms with van der Waals surface area (Å²) in [6.07, 6.45) is 3.41.